The van der Waals surface area contributed by atoms with Crippen LogP contribution in [0.2, 0.25) is 0 Å². The van der Waals surface area contributed by atoms with Gasteiger partial charge in [0.15, 0.2) is 0 Å². The van der Waals surface area contributed by atoms with Gasteiger partial charge in [0.25, 0.3) is 6.43 Å². The first-order valence-corrected chi connectivity index (χ1v) is 7.36. The topological polar surface area (TPSA) is 46.9 Å². The van der Waals surface area contributed by atoms with Gasteiger partial charge in [-0.1, -0.05) is 6.07 Å². The highest BCUT2D eigenvalue weighted by Crippen LogP contribution is 2.40. The maximum atomic E-state index is 13.6. The molecular formula is C16H16F3N3O. The fourth-order valence-electron chi connectivity index (χ4n) is 2.39. The molecule has 0 bridgehead atoms. The van der Waals surface area contributed by atoms with Crippen molar-refractivity contribution in [3.8, 4) is 0 Å². The molecule has 122 valence electrons. The maximum absolute atomic E-state index is 13.6. The summed E-state index contributed by atoms with van der Waals surface area (Å²) in [7, 11) is 0. The standard InChI is InChI=1S/C16H16F3N3O/c1-9-2-5-11(17)13(6-9)20-15(23)8-22-14(16(18)19)7-12(21-22)10-3-4-10/h2,5-7,10,16H,3-4,8H2,1H3,(H,20,23). The van der Waals surface area contributed by atoms with Crippen LogP contribution in [0, 0.1) is 12.7 Å². The van der Waals surface area contributed by atoms with Crippen molar-refractivity contribution in [1.29, 1.82) is 0 Å². The van der Waals surface area contributed by atoms with E-state index in [0.29, 0.717) is 5.69 Å². The second-order valence-electron chi connectivity index (χ2n) is 5.76. The Kier molecular flexibility index (Phi) is 4.11. The van der Waals surface area contributed by atoms with E-state index < -0.39 is 18.1 Å². The van der Waals surface area contributed by atoms with Gasteiger partial charge in [0.2, 0.25) is 5.91 Å². The third kappa shape index (κ3) is 3.55. The summed E-state index contributed by atoms with van der Waals surface area (Å²) in [5, 5.41) is 6.50. The van der Waals surface area contributed by atoms with Crippen LogP contribution in [-0.2, 0) is 11.3 Å². The first kappa shape index (κ1) is 15.6. The molecule has 1 aliphatic carbocycles. The molecule has 23 heavy (non-hydrogen) atoms. The molecule has 0 radical (unpaired) electrons. The normalized spacial score (nSPS) is 14.3. The van der Waals surface area contributed by atoms with E-state index in [9.17, 15) is 18.0 Å². The Balaban J connectivity index is 1.75. The predicted octanol–water partition coefficient (Wildman–Crippen LogP) is 3.78. The number of halogens is 3. The van der Waals surface area contributed by atoms with Gasteiger partial charge in [-0.3, -0.25) is 9.48 Å². The molecular weight excluding hydrogens is 307 g/mol. The fraction of sp³-hybridized carbons (Fsp3) is 0.375. The number of nitrogens with zero attached hydrogens (tertiary/aromatic N) is 2. The molecule has 1 aromatic heterocycles. The van der Waals surface area contributed by atoms with Crippen LogP contribution in [0.15, 0.2) is 24.3 Å². The molecule has 1 fully saturated rings. The van der Waals surface area contributed by atoms with Crippen molar-refractivity contribution in [2.24, 2.45) is 0 Å². The van der Waals surface area contributed by atoms with Gasteiger partial charge in [-0.25, -0.2) is 13.2 Å². The molecule has 0 unspecified atom stereocenters. The number of rotatable bonds is 5. The summed E-state index contributed by atoms with van der Waals surface area (Å²) in [6.07, 6.45) is -0.848. The molecule has 1 N–H and O–H groups in total. The largest absolute Gasteiger partial charge is 0.322 e. The molecule has 2 aromatic rings. The lowest BCUT2D eigenvalue weighted by molar-refractivity contribution is -0.117. The minimum Gasteiger partial charge on any atom is -0.322 e. The van der Waals surface area contributed by atoms with Crippen molar-refractivity contribution >= 4 is 11.6 Å². The first-order valence-electron chi connectivity index (χ1n) is 7.36. The minimum atomic E-state index is -2.71. The highest BCUT2D eigenvalue weighted by atomic mass is 19.3. The van der Waals surface area contributed by atoms with E-state index in [1.807, 2.05) is 0 Å². The molecule has 0 aliphatic heterocycles. The van der Waals surface area contributed by atoms with Gasteiger partial charge < -0.3 is 5.32 Å². The molecule has 4 nitrogen and oxygen atoms in total. The van der Waals surface area contributed by atoms with Crippen LogP contribution in [-0.4, -0.2) is 15.7 Å². The quantitative estimate of drug-likeness (QED) is 0.910. The Hall–Kier alpha value is -2.31. The number of nitrogens with one attached hydrogen (secondary N) is 1. The summed E-state index contributed by atoms with van der Waals surface area (Å²) in [5.41, 5.74) is 1.12. The van der Waals surface area contributed by atoms with Gasteiger partial charge in [-0.2, -0.15) is 5.10 Å². The maximum Gasteiger partial charge on any atom is 0.280 e. The molecule has 7 heteroatoms. The lowest BCUT2D eigenvalue weighted by Crippen LogP contribution is -2.21. The average Bonchev–Trinajstić information content (AvgIpc) is 3.24. The number of alkyl halides is 2. The van der Waals surface area contributed by atoms with E-state index in [-0.39, 0.29) is 23.8 Å². The Labute approximate surface area is 131 Å². The number of anilines is 1. The lowest BCUT2D eigenvalue weighted by atomic mass is 10.2. The minimum absolute atomic E-state index is 0.0307. The molecule has 1 aliphatic rings. The summed E-state index contributed by atoms with van der Waals surface area (Å²) in [6, 6.07) is 5.66. The Morgan fingerprint density at radius 1 is 1.39 bits per heavy atom. The van der Waals surface area contributed by atoms with E-state index in [1.165, 1.54) is 18.2 Å². The number of amides is 1. The second kappa shape index (κ2) is 6.06. The molecule has 1 heterocycles. The Bertz CT molecular complexity index is 738. The third-order valence-electron chi connectivity index (χ3n) is 3.74. The molecule has 1 saturated carbocycles. The highest BCUT2D eigenvalue weighted by molar-refractivity contribution is 5.90. The number of aryl methyl sites for hydroxylation is 1. The number of carbonyl (C=O) groups is 1. The average molecular weight is 323 g/mol. The Morgan fingerprint density at radius 3 is 2.78 bits per heavy atom. The van der Waals surface area contributed by atoms with Crippen molar-refractivity contribution in [2.45, 2.75) is 38.7 Å². The van der Waals surface area contributed by atoms with Crippen molar-refractivity contribution in [3.63, 3.8) is 0 Å². The molecule has 1 aromatic carbocycles. The van der Waals surface area contributed by atoms with Crippen LogP contribution in [0.5, 0.6) is 0 Å². The van der Waals surface area contributed by atoms with Gasteiger partial charge in [-0.15, -0.1) is 0 Å². The van der Waals surface area contributed by atoms with Gasteiger partial charge in [-0.05, 0) is 43.5 Å². The zero-order valence-corrected chi connectivity index (χ0v) is 12.5. The van der Waals surface area contributed by atoms with E-state index >= 15 is 0 Å². The van der Waals surface area contributed by atoms with E-state index in [4.69, 9.17) is 0 Å². The summed E-state index contributed by atoms with van der Waals surface area (Å²) >= 11 is 0. The van der Waals surface area contributed by atoms with Crippen molar-refractivity contribution < 1.29 is 18.0 Å². The van der Waals surface area contributed by atoms with Crippen molar-refractivity contribution in [3.05, 3.63) is 47.0 Å². The molecule has 0 spiro atoms. The Morgan fingerprint density at radius 2 is 2.13 bits per heavy atom. The SMILES string of the molecule is Cc1ccc(F)c(NC(=O)Cn2nc(C3CC3)cc2C(F)F)c1. The van der Waals surface area contributed by atoms with Gasteiger partial charge >= 0.3 is 0 Å². The monoisotopic (exact) mass is 323 g/mol. The number of hydrogen-bond donors (Lipinski definition) is 1. The van der Waals surface area contributed by atoms with Crippen LogP contribution >= 0.6 is 0 Å². The smallest absolute Gasteiger partial charge is 0.280 e. The third-order valence-corrected chi connectivity index (χ3v) is 3.74. The highest BCUT2D eigenvalue weighted by Gasteiger charge is 2.29. The van der Waals surface area contributed by atoms with Gasteiger partial charge in [0.05, 0.1) is 11.4 Å². The molecule has 1 amide bonds. The van der Waals surface area contributed by atoms with Gasteiger partial charge in [0, 0.05) is 5.92 Å². The number of carbonyl (C=O) groups excluding carboxylic acids is 1. The number of hydrogen-bond acceptors (Lipinski definition) is 2. The summed E-state index contributed by atoms with van der Waals surface area (Å²) in [4.78, 5) is 12.0. The van der Waals surface area contributed by atoms with E-state index in [0.717, 1.165) is 23.1 Å². The van der Waals surface area contributed by atoms with Crippen LogP contribution < -0.4 is 5.32 Å². The summed E-state index contributed by atoms with van der Waals surface area (Å²) < 4.78 is 40.8. The van der Waals surface area contributed by atoms with Crippen LogP contribution in [0.4, 0.5) is 18.9 Å². The van der Waals surface area contributed by atoms with Crippen LogP contribution in [0.25, 0.3) is 0 Å². The summed E-state index contributed by atoms with van der Waals surface area (Å²) in [5.74, 6) is -0.954. The van der Waals surface area contributed by atoms with Crippen molar-refractivity contribution in [1.82, 2.24) is 9.78 Å². The van der Waals surface area contributed by atoms with Crippen LogP contribution in [0.1, 0.15) is 42.1 Å². The predicted molar refractivity (Wildman–Crippen MR) is 78.9 cm³/mol. The first-order chi connectivity index (χ1) is 10.9. The fourth-order valence-corrected chi connectivity index (χ4v) is 2.39. The lowest BCUT2D eigenvalue weighted by Gasteiger charge is -2.09. The number of benzene rings is 1. The van der Waals surface area contributed by atoms with E-state index in [1.54, 1.807) is 13.0 Å². The van der Waals surface area contributed by atoms with Crippen molar-refractivity contribution in [2.75, 3.05) is 5.32 Å². The second-order valence-corrected chi connectivity index (χ2v) is 5.76. The number of aromatic nitrogens is 2. The van der Waals surface area contributed by atoms with Crippen LogP contribution in [0.3, 0.4) is 0 Å². The molecule has 0 saturated heterocycles. The molecule has 0 atom stereocenters. The molecule has 3 rings (SSSR count). The zero-order chi connectivity index (χ0) is 16.6. The van der Waals surface area contributed by atoms with E-state index in [2.05, 4.69) is 10.4 Å². The summed E-state index contributed by atoms with van der Waals surface area (Å²) in [6.45, 7) is 1.39. The van der Waals surface area contributed by atoms with Gasteiger partial charge in [0.1, 0.15) is 18.1 Å². The zero-order valence-electron chi connectivity index (χ0n) is 12.5.